The summed E-state index contributed by atoms with van der Waals surface area (Å²) in [6, 6.07) is 9.75. The van der Waals surface area contributed by atoms with Crippen molar-refractivity contribution in [3.05, 3.63) is 47.2 Å². The van der Waals surface area contributed by atoms with Crippen molar-refractivity contribution < 1.29 is 4.74 Å². The molecule has 0 aliphatic heterocycles. The maximum Gasteiger partial charge on any atom is 0.119 e. The molecule has 0 aliphatic carbocycles. The Balaban J connectivity index is 2.10. The minimum Gasteiger partial charge on any atom is -0.492 e. The number of aromatic nitrogens is 2. The van der Waals surface area contributed by atoms with Gasteiger partial charge in [-0.15, -0.1) is 0 Å². The van der Waals surface area contributed by atoms with Crippen LogP contribution in [0.2, 0.25) is 5.02 Å². The van der Waals surface area contributed by atoms with E-state index in [1.165, 1.54) is 0 Å². The smallest absolute Gasteiger partial charge is 0.119 e. The topological polar surface area (TPSA) is 39.1 Å². The second kappa shape index (κ2) is 6.59. The first kappa shape index (κ1) is 13.9. The van der Waals surface area contributed by atoms with Gasteiger partial charge in [-0.25, -0.2) is 0 Å². The molecule has 0 saturated carbocycles. The number of aryl methyl sites for hydroxylation is 1. The first-order chi connectivity index (χ1) is 9.26. The van der Waals surface area contributed by atoms with Crippen LogP contribution in [-0.4, -0.2) is 23.4 Å². The highest BCUT2D eigenvalue weighted by molar-refractivity contribution is 6.31. The summed E-state index contributed by atoms with van der Waals surface area (Å²) in [5.74, 6) is 0.849. The molecule has 0 fully saturated rings. The molecule has 2 aromatic rings. The first-order valence-electron chi connectivity index (χ1n) is 6.32. The van der Waals surface area contributed by atoms with Gasteiger partial charge in [0.25, 0.3) is 0 Å². The molecule has 1 atom stereocenters. The minimum absolute atomic E-state index is 0.00940. The molecular weight excluding hydrogens is 262 g/mol. The maximum absolute atomic E-state index is 6.20. The van der Waals surface area contributed by atoms with E-state index in [2.05, 4.69) is 10.4 Å². The van der Waals surface area contributed by atoms with Gasteiger partial charge in [-0.2, -0.15) is 5.10 Å². The van der Waals surface area contributed by atoms with Crippen molar-refractivity contribution in [2.24, 2.45) is 0 Å². The molecular formula is C14H18ClN3O. The van der Waals surface area contributed by atoms with Crippen LogP contribution < -0.4 is 10.1 Å². The SMILES string of the molecule is CCn1ncc(Cl)c1C(COc1ccccc1)NC. The first-order valence-corrected chi connectivity index (χ1v) is 6.70. The van der Waals surface area contributed by atoms with Crippen LogP contribution in [0.3, 0.4) is 0 Å². The van der Waals surface area contributed by atoms with Crippen LogP contribution in [-0.2, 0) is 6.54 Å². The number of rotatable bonds is 6. The lowest BCUT2D eigenvalue weighted by molar-refractivity contribution is 0.266. The van der Waals surface area contributed by atoms with Crippen LogP contribution in [0.25, 0.3) is 0 Å². The second-order valence-corrected chi connectivity index (χ2v) is 4.57. The third-order valence-corrected chi connectivity index (χ3v) is 3.26. The van der Waals surface area contributed by atoms with Crippen molar-refractivity contribution in [3.63, 3.8) is 0 Å². The predicted molar refractivity (Wildman–Crippen MR) is 76.6 cm³/mol. The molecule has 1 N–H and O–H groups in total. The molecule has 1 heterocycles. The molecule has 0 radical (unpaired) electrons. The number of ether oxygens (including phenoxy) is 1. The van der Waals surface area contributed by atoms with Crippen LogP contribution in [0.4, 0.5) is 0 Å². The quantitative estimate of drug-likeness (QED) is 0.884. The Morgan fingerprint density at radius 1 is 1.37 bits per heavy atom. The largest absolute Gasteiger partial charge is 0.492 e. The van der Waals surface area contributed by atoms with E-state index in [-0.39, 0.29) is 6.04 Å². The van der Waals surface area contributed by atoms with Crippen molar-refractivity contribution in [3.8, 4) is 5.75 Å². The second-order valence-electron chi connectivity index (χ2n) is 4.16. The summed E-state index contributed by atoms with van der Waals surface area (Å²) >= 11 is 6.20. The van der Waals surface area contributed by atoms with Gasteiger partial charge >= 0.3 is 0 Å². The van der Waals surface area contributed by atoms with Gasteiger partial charge in [-0.1, -0.05) is 29.8 Å². The Labute approximate surface area is 118 Å². The fourth-order valence-electron chi connectivity index (χ4n) is 1.97. The van der Waals surface area contributed by atoms with Crippen molar-refractivity contribution >= 4 is 11.6 Å². The van der Waals surface area contributed by atoms with E-state index in [4.69, 9.17) is 16.3 Å². The minimum atomic E-state index is 0.00940. The summed E-state index contributed by atoms with van der Waals surface area (Å²) in [5.41, 5.74) is 0.961. The van der Waals surface area contributed by atoms with E-state index in [0.717, 1.165) is 18.0 Å². The molecule has 0 spiro atoms. The number of benzene rings is 1. The molecule has 102 valence electrons. The van der Waals surface area contributed by atoms with E-state index in [9.17, 15) is 0 Å². The third kappa shape index (κ3) is 3.28. The molecule has 1 unspecified atom stereocenters. The summed E-state index contributed by atoms with van der Waals surface area (Å²) < 4.78 is 7.66. The van der Waals surface area contributed by atoms with Crippen LogP contribution >= 0.6 is 11.6 Å². The Kier molecular flexibility index (Phi) is 4.82. The van der Waals surface area contributed by atoms with Gasteiger partial charge in [0.1, 0.15) is 12.4 Å². The number of para-hydroxylation sites is 1. The highest BCUT2D eigenvalue weighted by Crippen LogP contribution is 2.23. The number of hydrogen-bond donors (Lipinski definition) is 1. The lowest BCUT2D eigenvalue weighted by Gasteiger charge is -2.18. The summed E-state index contributed by atoms with van der Waals surface area (Å²) in [4.78, 5) is 0. The van der Waals surface area contributed by atoms with Crippen molar-refractivity contribution in [1.29, 1.82) is 0 Å². The van der Waals surface area contributed by atoms with Crippen LogP contribution in [0.15, 0.2) is 36.5 Å². The fraction of sp³-hybridized carbons (Fsp3) is 0.357. The highest BCUT2D eigenvalue weighted by atomic mass is 35.5. The van der Waals surface area contributed by atoms with Crippen molar-refractivity contribution in [2.45, 2.75) is 19.5 Å². The molecule has 5 heteroatoms. The van der Waals surface area contributed by atoms with Crippen molar-refractivity contribution in [1.82, 2.24) is 15.1 Å². The third-order valence-electron chi connectivity index (χ3n) is 2.97. The summed E-state index contributed by atoms with van der Waals surface area (Å²) in [6.07, 6.45) is 1.67. The van der Waals surface area contributed by atoms with E-state index >= 15 is 0 Å². The summed E-state index contributed by atoms with van der Waals surface area (Å²) in [6.45, 7) is 3.33. The van der Waals surface area contributed by atoms with Gasteiger partial charge in [0.2, 0.25) is 0 Å². The number of nitrogens with one attached hydrogen (secondary N) is 1. The molecule has 4 nitrogen and oxygen atoms in total. The number of nitrogens with zero attached hydrogens (tertiary/aromatic N) is 2. The van der Waals surface area contributed by atoms with E-state index in [1.54, 1.807) is 6.20 Å². The van der Waals surface area contributed by atoms with E-state index in [1.807, 2.05) is 49.0 Å². The summed E-state index contributed by atoms with van der Waals surface area (Å²) in [7, 11) is 1.89. The van der Waals surface area contributed by atoms with Gasteiger partial charge in [0.15, 0.2) is 0 Å². The van der Waals surface area contributed by atoms with Gasteiger partial charge < -0.3 is 10.1 Å². The Bertz CT molecular complexity index is 513. The zero-order valence-corrected chi connectivity index (χ0v) is 11.9. The number of likely N-dealkylation sites (N-methyl/N-ethyl adjacent to an activating group) is 1. The van der Waals surface area contributed by atoms with E-state index < -0.39 is 0 Å². The molecule has 1 aromatic carbocycles. The maximum atomic E-state index is 6.20. The van der Waals surface area contributed by atoms with Gasteiger partial charge in [-0.05, 0) is 26.1 Å². The van der Waals surface area contributed by atoms with Crippen LogP contribution in [0.1, 0.15) is 18.7 Å². The fourth-order valence-corrected chi connectivity index (χ4v) is 2.24. The molecule has 2 rings (SSSR count). The number of halogens is 1. The van der Waals surface area contributed by atoms with E-state index in [0.29, 0.717) is 11.6 Å². The molecule has 0 bridgehead atoms. The lowest BCUT2D eigenvalue weighted by atomic mass is 10.2. The molecule has 0 amide bonds. The van der Waals surface area contributed by atoms with Gasteiger partial charge in [0, 0.05) is 6.54 Å². The Morgan fingerprint density at radius 2 is 2.11 bits per heavy atom. The highest BCUT2D eigenvalue weighted by Gasteiger charge is 2.19. The lowest BCUT2D eigenvalue weighted by Crippen LogP contribution is -2.26. The molecule has 0 saturated heterocycles. The molecule has 1 aromatic heterocycles. The standard InChI is InChI=1S/C14H18ClN3O/c1-3-18-14(12(15)9-17-18)13(16-2)10-19-11-7-5-4-6-8-11/h4-9,13,16H,3,10H2,1-2H3. The Hall–Kier alpha value is -1.52. The molecule has 0 aliphatic rings. The monoisotopic (exact) mass is 279 g/mol. The average molecular weight is 280 g/mol. The average Bonchev–Trinajstić information content (AvgIpc) is 2.82. The molecule has 19 heavy (non-hydrogen) atoms. The van der Waals surface area contributed by atoms with Gasteiger partial charge in [-0.3, -0.25) is 4.68 Å². The van der Waals surface area contributed by atoms with Crippen LogP contribution in [0.5, 0.6) is 5.75 Å². The van der Waals surface area contributed by atoms with Gasteiger partial charge in [0.05, 0.1) is 23.0 Å². The zero-order chi connectivity index (χ0) is 13.7. The van der Waals surface area contributed by atoms with Crippen LogP contribution in [0, 0.1) is 0 Å². The predicted octanol–water partition coefficient (Wildman–Crippen LogP) is 2.90. The normalized spacial score (nSPS) is 12.4. The Morgan fingerprint density at radius 3 is 2.74 bits per heavy atom. The summed E-state index contributed by atoms with van der Waals surface area (Å²) in [5, 5.41) is 8.13. The number of hydrogen-bond acceptors (Lipinski definition) is 3. The van der Waals surface area contributed by atoms with Crippen molar-refractivity contribution in [2.75, 3.05) is 13.7 Å². The zero-order valence-electron chi connectivity index (χ0n) is 11.1.